The normalized spacial score (nSPS) is 12.3. The molecule has 1 aromatic heterocycles. The van der Waals surface area contributed by atoms with Crippen molar-refractivity contribution in [3.05, 3.63) is 57.4 Å². The zero-order chi connectivity index (χ0) is 18.1. The van der Waals surface area contributed by atoms with Crippen molar-refractivity contribution in [1.82, 2.24) is 15.2 Å². The van der Waals surface area contributed by atoms with E-state index in [9.17, 15) is 19.2 Å². The molecule has 2 aromatic rings. The van der Waals surface area contributed by atoms with Gasteiger partial charge in [-0.3, -0.25) is 29.1 Å². The molecule has 0 spiro atoms. The molecular weight excluding hydrogens is 324 g/mol. The predicted molar refractivity (Wildman–Crippen MR) is 89.4 cm³/mol. The van der Waals surface area contributed by atoms with Crippen LogP contribution in [0.5, 0.6) is 0 Å². The van der Waals surface area contributed by atoms with Gasteiger partial charge in [-0.15, -0.1) is 6.42 Å². The summed E-state index contributed by atoms with van der Waals surface area (Å²) in [6.45, 7) is 0.0125. The summed E-state index contributed by atoms with van der Waals surface area (Å²) in [6.07, 6.45) is 5.13. The highest BCUT2D eigenvalue weighted by Gasteiger charge is 2.32. The van der Waals surface area contributed by atoms with Gasteiger partial charge in [-0.05, 0) is 12.1 Å². The van der Waals surface area contributed by atoms with E-state index in [-0.39, 0.29) is 34.7 Å². The largest absolute Gasteiger partial charge is 0.384 e. The second kappa shape index (κ2) is 5.98. The third kappa shape index (κ3) is 2.53. The van der Waals surface area contributed by atoms with E-state index in [0.717, 1.165) is 10.6 Å². The van der Waals surface area contributed by atoms with Crippen molar-refractivity contribution in [3.63, 3.8) is 0 Å². The minimum Gasteiger partial charge on any atom is -0.384 e. The van der Waals surface area contributed by atoms with Crippen molar-refractivity contribution in [2.45, 2.75) is 0 Å². The number of hydrogen-bond acceptors (Lipinski definition) is 5. The molecule has 0 saturated carbocycles. The molecule has 1 aliphatic heterocycles. The van der Waals surface area contributed by atoms with E-state index in [2.05, 4.69) is 16.6 Å². The molecule has 3 amide bonds. The maximum absolute atomic E-state index is 12.5. The summed E-state index contributed by atoms with van der Waals surface area (Å²) >= 11 is 0. The molecule has 3 rings (SSSR count). The highest BCUT2D eigenvalue weighted by molar-refractivity contribution is 6.23. The SMILES string of the molecule is C#CCNC(=O)c1ccccc1-n1c(N)c2c(cc1=O)C(=O)NC2=O. The molecule has 1 aromatic carbocycles. The summed E-state index contributed by atoms with van der Waals surface area (Å²) in [7, 11) is 0. The number of hydrogen-bond donors (Lipinski definition) is 3. The van der Waals surface area contributed by atoms with Crippen LogP contribution in [0.2, 0.25) is 0 Å². The van der Waals surface area contributed by atoms with Crippen LogP contribution in [0.1, 0.15) is 31.1 Å². The van der Waals surface area contributed by atoms with Gasteiger partial charge in [0.15, 0.2) is 0 Å². The Bertz CT molecular complexity index is 1030. The Morgan fingerprint density at radius 2 is 1.96 bits per heavy atom. The zero-order valence-corrected chi connectivity index (χ0v) is 12.8. The van der Waals surface area contributed by atoms with Crippen LogP contribution in [0, 0.1) is 12.3 Å². The van der Waals surface area contributed by atoms with Gasteiger partial charge in [0.25, 0.3) is 23.3 Å². The van der Waals surface area contributed by atoms with Gasteiger partial charge in [-0.1, -0.05) is 18.1 Å². The van der Waals surface area contributed by atoms with E-state index < -0.39 is 23.3 Å². The Hall–Kier alpha value is -3.86. The molecule has 0 unspecified atom stereocenters. The van der Waals surface area contributed by atoms with E-state index in [1.807, 2.05) is 0 Å². The molecule has 1 aliphatic rings. The zero-order valence-electron chi connectivity index (χ0n) is 12.8. The number of fused-ring (bicyclic) bond motifs is 1. The number of nitrogens with two attached hydrogens (primary N) is 1. The third-order valence-corrected chi connectivity index (χ3v) is 3.69. The van der Waals surface area contributed by atoms with Crippen LogP contribution >= 0.6 is 0 Å². The minimum atomic E-state index is -0.694. The van der Waals surface area contributed by atoms with Gasteiger partial charge in [0, 0.05) is 6.07 Å². The summed E-state index contributed by atoms with van der Waals surface area (Å²) in [5, 5.41) is 4.58. The van der Waals surface area contributed by atoms with Gasteiger partial charge in [-0.25, -0.2) is 0 Å². The van der Waals surface area contributed by atoms with Crippen LogP contribution in [0.3, 0.4) is 0 Å². The number of carbonyl (C=O) groups is 3. The monoisotopic (exact) mass is 336 g/mol. The lowest BCUT2D eigenvalue weighted by Crippen LogP contribution is -2.29. The van der Waals surface area contributed by atoms with Gasteiger partial charge in [0.2, 0.25) is 0 Å². The maximum atomic E-state index is 12.5. The molecule has 8 heteroatoms. The molecule has 0 radical (unpaired) electrons. The number of aromatic nitrogens is 1. The summed E-state index contributed by atoms with van der Waals surface area (Å²) in [5.41, 5.74) is 5.48. The third-order valence-electron chi connectivity index (χ3n) is 3.69. The fraction of sp³-hybridized carbons (Fsp3) is 0.0588. The standard InChI is InChI=1S/C17H12N4O4/c1-2-7-19-15(23)9-5-3-4-6-11(9)21-12(22)8-10-13(14(21)18)17(25)20-16(10)24/h1,3-6,8H,7,18H2,(H,19,23)(H,20,24,25). The average Bonchev–Trinajstić information content (AvgIpc) is 2.87. The second-order valence-corrected chi connectivity index (χ2v) is 5.18. The van der Waals surface area contributed by atoms with Crippen molar-refractivity contribution in [3.8, 4) is 18.0 Å². The van der Waals surface area contributed by atoms with E-state index in [4.69, 9.17) is 12.2 Å². The number of carbonyl (C=O) groups excluding carboxylic acids is 3. The number of rotatable bonds is 3. The lowest BCUT2D eigenvalue weighted by atomic mass is 10.1. The first-order chi connectivity index (χ1) is 12.0. The predicted octanol–water partition coefficient (Wildman–Crippen LogP) is -0.334. The fourth-order valence-corrected chi connectivity index (χ4v) is 2.62. The first-order valence-corrected chi connectivity index (χ1v) is 7.18. The smallest absolute Gasteiger partial charge is 0.262 e. The minimum absolute atomic E-state index is 0.0125. The van der Waals surface area contributed by atoms with Crippen molar-refractivity contribution >= 4 is 23.5 Å². The first kappa shape index (κ1) is 16.0. The summed E-state index contributed by atoms with van der Waals surface area (Å²) in [5.74, 6) is 0.183. The molecule has 0 aliphatic carbocycles. The average molecular weight is 336 g/mol. The summed E-state index contributed by atoms with van der Waals surface area (Å²) < 4.78 is 1.02. The van der Waals surface area contributed by atoms with E-state index in [1.54, 1.807) is 12.1 Å². The van der Waals surface area contributed by atoms with Crippen molar-refractivity contribution in [1.29, 1.82) is 0 Å². The number of nitrogens with one attached hydrogen (secondary N) is 2. The van der Waals surface area contributed by atoms with Crippen LogP contribution in [-0.4, -0.2) is 28.8 Å². The Kier molecular flexibility index (Phi) is 3.83. The van der Waals surface area contributed by atoms with Gasteiger partial charge in [0.05, 0.1) is 28.9 Å². The number of amides is 3. The fourth-order valence-electron chi connectivity index (χ4n) is 2.62. The van der Waals surface area contributed by atoms with Gasteiger partial charge < -0.3 is 11.1 Å². The first-order valence-electron chi connectivity index (χ1n) is 7.18. The Morgan fingerprint density at radius 1 is 1.24 bits per heavy atom. The Labute approximate surface area is 141 Å². The quantitative estimate of drug-likeness (QED) is 0.523. The number of anilines is 1. The van der Waals surface area contributed by atoms with Crippen molar-refractivity contribution < 1.29 is 14.4 Å². The number of benzene rings is 1. The maximum Gasteiger partial charge on any atom is 0.262 e. The Morgan fingerprint density at radius 3 is 2.68 bits per heavy atom. The number of terminal acetylenes is 1. The highest BCUT2D eigenvalue weighted by atomic mass is 16.2. The highest BCUT2D eigenvalue weighted by Crippen LogP contribution is 2.24. The number of imide groups is 1. The lowest BCUT2D eigenvalue weighted by Gasteiger charge is -2.15. The molecule has 0 fully saturated rings. The molecule has 0 saturated heterocycles. The van der Waals surface area contributed by atoms with Crippen LogP contribution in [-0.2, 0) is 0 Å². The number of para-hydroxylation sites is 1. The second-order valence-electron chi connectivity index (χ2n) is 5.18. The molecular formula is C17H12N4O4. The van der Waals surface area contributed by atoms with E-state index in [0.29, 0.717) is 0 Å². The van der Waals surface area contributed by atoms with Gasteiger partial charge >= 0.3 is 0 Å². The van der Waals surface area contributed by atoms with Gasteiger partial charge in [-0.2, -0.15) is 0 Å². The summed E-state index contributed by atoms with van der Waals surface area (Å²) in [6, 6.07) is 7.23. The van der Waals surface area contributed by atoms with E-state index in [1.165, 1.54) is 12.1 Å². The van der Waals surface area contributed by atoms with Crippen LogP contribution < -0.4 is 21.9 Å². The molecule has 8 nitrogen and oxygen atoms in total. The molecule has 25 heavy (non-hydrogen) atoms. The molecule has 124 valence electrons. The van der Waals surface area contributed by atoms with Crippen LogP contribution in [0.15, 0.2) is 35.1 Å². The summed E-state index contributed by atoms with van der Waals surface area (Å²) in [4.78, 5) is 48.4. The van der Waals surface area contributed by atoms with E-state index >= 15 is 0 Å². The van der Waals surface area contributed by atoms with Crippen LogP contribution in [0.4, 0.5) is 5.82 Å². The number of nitrogens with zero attached hydrogens (tertiary/aromatic N) is 1. The van der Waals surface area contributed by atoms with Crippen molar-refractivity contribution in [2.24, 2.45) is 0 Å². The lowest BCUT2D eigenvalue weighted by molar-refractivity contribution is 0.0878. The van der Waals surface area contributed by atoms with Crippen LogP contribution in [0.25, 0.3) is 5.69 Å². The number of nitrogen functional groups attached to an aromatic ring is 1. The Balaban J connectivity index is 2.23. The molecule has 4 N–H and O–H groups in total. The molecule has 0 atom stereocenters. The molecule has 2 heterocycles. The molecule has 0 bridgehead atoms. The number of pyridine rings is 1. The topological polar surface area (TPSA) is 123 Å². The van der Waals surface area contributed by atoms with Gasteiger partial charge in [0.1, 0.15) is 5.82 Å². The van der Waals surface area contributed by atoms with Crippen molar-refractivity contribution in [2.75, 3.05) is 12.3 Å².